The van der Waals surface area contributed by atoms with Crippen LogP contribution in [0.3, 0.4) is 0 Å². The molecule has 2 aromatic heterocycles. The van der Waals surface area contributed by atoms with E-state index in [0.29, 0.717) is 24.5 Å². The molecule has 0 atom stereocenters. The Morgan fingerprint density at radius 1 is 1.40 bits per heavy atom. The zero-order valence-corrected chi connectivity index (χ0v) is 11.9. The molecule has 0 radical (unpaired) electrons. The molecule has 2 rings (SSSR count). The van der Waals surface area contributed by atoms with Gasteiger partial charge in [-0.05, 0) is 6.42 Å². The monoisotopic (exact) mass is 279 g/mol. The van der Waals surface area contributed by atoms with Gasteiger partial charge in [0.25, 0.3) is 0 Å². The lowest BCUT2D eigenvalue weighted by molar-refractivity contribution is -0.384. The molecule has 9 nitrogen and oxygen atoms in total. The zero-order chi connectivity index (χ0) is 14.9. The van der Waals surface area contributed by atoms with Crippen molar-refractivity contribution in [1.29, 1.82) is 0 Å². The molecule has 0 fully saturated rings. The second kappa shape index (κ2) is 5.27. The van der Waals surface area contributed by atoms with Crippen LogP contribution >= 0.6 is 0 Å². The fraction of sp³-hybridized carbons (Fsp3) is 0.545. The Morgan fingerprint density at radius 2 is 2.10 bits per heavy atom. The van der Waals surface area contributed by atoms with Crippen molar-refractivity contribution < 1.29 is 4.92 Å². The third-order valence-corrected chi connectivity index (χ3v) is 3.13. The molecule has 0 aliphatic carbocycles. The van der Waals surface area contributed by atoms with Crippen LogP contribution in [0.1, 0.15) is 18.4 Å². The average molecular weight is 279 g/mol. The molecule has 0 spiro atoms. The fourth-order valence-electron chi connectivity index (χ4n) is 2.16. The van der Waals surface area contributed by atoms with Gasteiger partial charge in [-0.25, -0.2) is 9.67 Å². The zero-order valence-electron chi connectivity index (χ0n) is 11.9. The summed E-state index contributed by atoms with van der Waals surface area (Å²) in [4.78, 5) is 16.8. The first-order chi connectivity index (χ1) is 9.45. The van der Waals surface area contributed by atoms with Crippen molar-refractivity contribution in [3.05, 3.63) is 28.0 Å². The molecule has 108 valence electrons. The van der Waals surface area contributed by atoms with Crippen LogP contribution in [-0.4, -0.2) is 36.5 Å². The van der Waals surface area contributed by atoms with Crippen molar-refractivity contribution in [2.75, 3.05) is 11.9 Å². The highest BCUT2D eigenvalue weighted by Crippen LogP contribution is 2.31. The minimum atomic E-state index is -0.381. The van der Waals surface area contributed by atoms with Crippen LogP contribution in [0.5, 0.6) is 0 Å². The van der Waals surface area contributed by atoms with Gasteiger partial charge in [-0.3, -0.25) is 14.8 Å². The normalized spacial score (nSPS) is 10.8. The molecule has 0 saturated carbocycles. The third kappa shape index (κ3) is 2.33. The second-order valence-electron chi connectivity index (χ2n) is 4.51. The number of nitro groups is 1. The lowest BCUT2D eigenvalue weighted by atomic mass is 10.3. The van der Waals surface area contributed by atoms with Gasteiger partial charge in [-0.15, -0.1) is 0 Å². The smallest absolute Gasteiger partial charge is 0.334 e. The van der Waals surface area contributed by atoms with Gasteiger partial charge in [0.2, 0.25) is 5.82 Å². The van der Waals surface area contributed by atoms with Crippen LogP contribution in [0.4, 0.5) is 11.5 Å². The van der Waals surface area contributed by atoms with Crippen molar-refractivity contribution >= 4 is 11.5 Å². The average Bonchev–Trinajstić information content (AvgIpc) is 2.93. The predicted octanol–water partition coefficient (Wildman–Crippen LogP) is 0.656. The van der Waals surface area contributed by atoms with Gasteiger partial charge in [-0.2, -0.15) is 10.2 Å². The molecule has 0 N–H and O–H groups in total. The summed E-state index contributed by atoms with van der Waals surface area (Å²) in [7, 11) is 5.26. The van der Waals surface area contributed by atoms with Gasteiger partial charge in [0.15, 0.2) is 0 Å². The van der Waals surface area contributed by atoms with E-state index in [9.17, 15) is 10.1 Å². The van der Waals surface area contributed by atoms with E-state index >= 15 is 0 Å². The summed E-state index contributed by atoms with van der Waals surface area (Å²) in [6.07, 6.45) is 1.97. The minimum absolute atomic E-state index is 0.0552. The molecule has 2 aromatic rings. The molecule has 0 saturated heterocycles. The van der Waals surface area contributed by atoms with Crippen molar-refractivity contribution in [1.82, 2.24) is 24.5 Å². The van der Waals surface area contributed by atoms with E-state index in [1.165, 1.54) is 11.0 Å². The maximum Gasteiger partial charge on any atom is 0.334 e. The Bertz CT molecular complexity index is 631. The molecule has 0 aliphatic rings. The Balaban J connectivity index is 2.39. The van der Waals surface area contributed by atoms with E-state index < -0.39 is 0 Å². The van der Waals surface area contributed by atoms with E-state index in [1.807, 2.05) is 6.92 Å². The maximum atomic E-state index is 11.3. The Morgan fingerprint density at radius 3 is 2.60 bits per heavy atom. The third-order valence-electron chi connectivity index (χ3n) is 3.13. The van der Waals surface area contributed by atoms with E-state index in [4.69, 9.17) is 0 Å². The number of aryl methyl sites for hydroxylation is 3. The van der Waals surface area contributed by atoms with Gasteiger partial charge < -0.3 is 4.90 Å². The lowest BCUT2D eigenvalue weighted by Crippen LogP contribution is -2.22. The van der Waals surface area contributed by atoms with Crippen LogP contribution in [0.2, 0.25) is 0 Å². The van der Waals surface area contributed by atoms with E-state index in [-0.39, 0.29) is 10.6 Å². The number of rotatable bonds is 5. The number of hydrogen-bond donors (Lipinski definition) is 0. The van der Waals surface area contributed by atoms with Crippen molar-refractivity contribution in [2.24, 2.45) is 14.1 Å². The van der Waals surface area contributed by atoms with Crippen molar-refractivity contribution in [2.45, 2.75) is 19.9 Å². The molecule has 0 unspecified atom stereocenters. The standard InChI is InChI=1S/C11H17N7O2/c1-5-8-10(18(19)20)11(17(4)14-8)15(2)6-9-12-7-13-16(9)3/h7H,5-6H2,1-4H3. The quantitative estimate of drug-likeness (QED) is 0.589. The van der Waals surface area contributed by atoms with Crippen LogP contribution in [-0.2, 0) is 27.1 Å². The Kier molecular flexibility index (Phi) is 3.68. The van der Waals surface area contributed by atoms with Gasteiger partial charge in [0.05, 0.1) is 11.5 Å². The molecule has 0 amide bonds. The number of aromatic nitrogens is 5. The highest BCUT2D eigenvalue weighted by atomic mass is 16.6. The highest BCUT2D eigenvalue weighted by Gasteiger charge is 2.28. The van der Waals surface area contributed by atoms with Crippen LogP contribution in [0.25, 0.3) is 0 Å². The van der Waals surface area contributed by atoms with Crippen LogP contribution in [0.15, 0.2) is 6.33 Å². The summed E-state index contributed by atoms with van der Waals surface area (Å²) in [5.74, 6) is 1.19. The lowest BCUT2D eigenvalue weighted by Gasteiger charge is -2.17. The molecule has 0 aromatic carbocycles. The largest absolute Gasteiger partial charge is 0.347 e. The Labute approximate surface area is 116 Å². The molecule has 9 heteroatoms. The molecular weight excluding hydrogens is 262 g/mol. The van der Waals surface area contributed by atoms with Crippen molar-refractivity contribution in [3.63, 3.8) is 0 Å². The fourth-order valence-corrected chi connectivity index (χ4v) is 2.16. The van der Waals surface area contributed by atoms with E-state index in [2.05, 4.69) is 15.2 Å². The van der Waals surface area contributed by atoms with Gasteiger partial charge in [-0.1, -0.05) is 6.92 Å². The topological polar surface area (TPSA) is 94.9 Å². The molecule has 0 bridgehead atoms. The van der Waals surface area contributed by atoms with Gasteiger partial charge in [0.1, 0.15) is 17.8 Å². The first kappa shape index (κ1) is 14.0. The van der Waals surface area contributed by atoms with E-state index in [0.717, 1.165) is 5.82 Å². The number of nitrogens with zero attached hydrogens (tertiary/aromatic N) is 7. The summed E-state index contributed by atoms with van der Waals surface area (Å²) in [6.45, 7) is 2.27. The second-order valence-corrected chi connectivity index (χ2v) is 4.51. The number of hydrogen-bond acceptors (Lipinski definition) is 6. The minimum Gasteiger partial charge on any atom is -0.347 e. The molecular formula is C11H17N7O2. The molecule has 20 heavy (non-hydrogen) atoms. The predicted molar refractivity (Wildman–Crippen MR) is 72.4 cm³/mol. The summed E-state index contributed by atoms with van der Waals surface area (Å²) in [5, 5.41) is 19.5. The SMILES string of the molecule is CCc1nn(C)c(N(C)Cc2ncnn2C)c1[N+](=O)[O-]. The molecule has 0 aliphatic heterocycles. The summed E-state index contributed by atoms with van der Waals surface area (Å²) in [5.41, 5.74) is 0.539. The number of anilines is 1. The van der Waals surface area contributed by atoms with E-state index in [1.54, 1.807) is 30.7 Å². The molecule has 2 heterocycles. The summed E-state index contributed by atoms with van der Waals surface area (Å²) < 4.78 is 3.17. The van der Waals surface area contributed by atoms with Crippen molar-refractivity contribution in [3.8, 4) is 0 Å². The van der Waals surface area contributed by atoms with Gasteiger partial charge >= 0.3 is 5.69 Å². The summed E-state index contributed by atoms with van der Waals surface area (Å²) in [6, 6.07) is 0. The van der Waals surface area contributed by atoms with Crippen LogP contribution in [0, 0.1) is 10.1 Å². The highest BCUT2D eigenvalue weighted by molar-refractivity contribution is 5.61. The van der Waals surface area contributed by atoms with Crippen LogP contribution < -0.4 is 4.90 Å². The maximum absolute atomic E-state index is 11.3. The summed E-state index contributed by atoms with van der Waals surface area (Å²) >= 11 is 0. The Hall–Kier alpha value is -2.45. The first-order valence-corrected chi connectivity index (χ1v) is 6.20. The first-order valence-electron chi connectivity index (χ1n) is 6.20. The van der Waals surface area contributed by atoms with Gasteiger partial charge in [0, 0.05) is 21.1 Å².